The number of nitrogens with zero attached hydrogens (tertiary/aromatic N) is 6. The summed E-state index contributed by atoms with van der Waals surface area (Å²) in [6.07, 6.45) is -2.82. The molecule has 60 heavy (non-hydrogen) atoms. The first-order chi connectivity index (χ1) is 28.3. The van der Waals surface area contributed by atoms with Crippen molar-refractivity contribution in [3.05, 3.63) is 66.8 Å². The fraction of sp³-hybridized carbons (Fsp3) is 0.410. The first-order valence-electron chi connectivity index (χ1n) is 18.4. The highest BCUT2D eigenvalue weighted by Gasteiger charge is 2.32. The number of amides is 2. The van der Waals surface area contributed by atoms with Crippen molar-refractivity contribution in [1.82, 2.24) is 9.80 Å². The Morgan fingerprint density at radius 1 is 0.617 bits per heavy atom. The number of hydrogen-bond donors (Lipinski definition) is 0. The van der Waals surface area contributed by atoms with Crippen LogP contribution in [0.4, 0.5) is 25.8 Å². The predicted octanol–water partition coefficient (Wildman–Crippen LogP) is 6.97. The maximum Gasteiger partial charge on any atom is 0.520 e. The molecule has 0 aliphatic heterocycles. The molecule has 0 saturated heterocycles. The van der Waals surface area contributed by atoms with Crippen LogP contribution in [-0.2, 0) is 19.1 Å². The number of nitro groups is 2. The minimum absolute atomic E-state index is 0.174. The number of nitro benzene ring substituents is 2. The molecule has 0 N–H and O–H groups in total. The molecule has 2 aromatic carbocycles. The van der Waals surface area contributed by atoms with Crippen LogP contribution in [0.3, 0.4) is 0 Å². The normalized spacial score (nSPS) is 11.1. The Morgan fingerprint density at radius 2 is 0.950 bits per heavy atom. The number of benzene rings is 2. The highest BCUT2D eigenvalue weighted by atomic mass is 16.8. The van der Waals surface area contributed by atoms with E-state index >= 15 is 0 Å². The summed E-state index contributed by atoms with van der Waals surface area (Å²) in [5, 5.41) is 44.3. The second-order valence-electron chi connectivity index (χ2n) is 13.1. The van der Waals surface area contributed by atoms with Gasteiger partial charge in [0.05, 0.1) is 23.1 Å². The van der Waals surface area contributed by atoms with E-state index in [0.29, 0.717) is 0 Å². The van der Waals surface area contributed by atoms with Gasteiger partial charge in [-0.3, -0.25) is 29.8 Å². The second kappa shape index (κ2) is 23.0. The third-order valence-electron chi connectivity index (χ3n) is 7.76. The fourth-order valence-electron chi connectivity index (χ4n) is 4.89. The summed E-state index contributed by atoms with van der Waals surface area (Å²) in [6, 6.07) is 6.81. The van der Waals surface area contributed by atoms with Crippen molar-refractivity contribution in [2.24, 2.45) is 11.8 Å². The van der Waals surface area contributed by atoms with Gasteiger partial charge in [-0.1, -0.05) is 27.7 Å². The average Bonchev–Trinajstić information content (AvgIpc) is 3.19. The highest BCUT2D eigenvalue weighted by molar-refractivity contribution is 6.02. The molecule has 0 aliphatic carbocycles. The van der Waals surface area contributed by atoms with E-state index in [2.05, 4.69) is 0 Å². The molecule has 0 spiro atoms. The lowest BCUT2D eigenvalue weighted by molar-refractivity contribution is -0.386. The molecule has 0 aromatic heterocycles. The van der Waals surface area contributed by atoms with Gasteiger partial charge in [-0.05, 0) is 74.9 Å². The molecule has 2 rings (SSSR count). The summed E-state index contributed by atoms with van der Waals surface area (Å²) in [5.41, 5.74) is -3.55. The van der Waals surface area contributed by atoms with Gasteiger partial charge in [0.2, 0.25) is 0 Å². The molecule has 0 radical (unpaired) electrons. The second-order valence-corrected chi connectivity index (χ2v) is 13.1. The SMILES string of the molecule is CCN(CC)C(=O)C(C#N)=Cc1cc(OC(=O)OCC(C)C)c(OC(=O)Oc2c(OC(=O)OCC(C)C)cc(C=C(C#N)C(=O)N(CC)CC)cc2[N+](=O)[O-])c([N+](=O)[O-])c1. The van der Waals surface area contributed by atoms with Crippen LogP contribution in [0, 0.1) is 54.7 Å². The lowest BCUT2D eigenvalue weighted by Crippen LogP contribution is -2.31. The van der Waals surface area contributed by atoms with Crippen LogP contribution in [0.15, 0.2) is 35.4 Å². The Labute approximate surface area is 344 Å². The Morgan fingerprint density at radius 3 is 1.22 bits per heavy atom. The van der Waals surface area contributed by atoms with E-state index in [1.54, 1.807) is 67.5 Å². The van der Waals surface area contributed by atoms with Gasteiger partial charge in [-0.15, -0.1) is 0 Å². The number of hydrogen-bond acceptors (Lipinski definition) is 17. The molecule has 0 bridgehead atoms. The minimum atomic E-state index is -1.93. The van der Waals surface area contributed by atoms with Gasteiger partial charge < -0.3 is 38.2 Å². The third-order valence-corrected chi connectivity index (χ3v) is 7.76. The van der Waals surface area contributed by atoms with E-state index in [1.807, 2.05) is 0 Å². The maximum absolute atomic E-state index is 13.5. The molecular weight excluding hydrogens is 792 g/mol. The molecule has 21 heteroatoms. The summed E-state index contributed by atoms with van der Waals surface area (Å²) in [4.78, 5) is 90.0. The molecule has 2 aromatic rings. The zero-order chi connectivity index (χ0) is 45.3. The Balaban J connectivity index is 2.85. The molecule has 0 fully saturated rings. The van der Waals surface area contributed by atoms with Gasteiger partial charge in [0.25, 0.3) is 23.3 Å². The molecule has 0 aliphatic rings. The van der Waals surface area contributed by atoms with E-state index in [1.165, 1.54) is 9.80 Å². The van der Waals surface area contributed by atoms with Crippen molar-refractivity contribution >= 4 is 53.8 Å². The molecule has 320 valence electrons. The predicted molar refractivity (Wildman–Crippen MR) is 210 cm³/mol. The number of carbonyl (C=O) groups is 5. The van der Waals surface area contributed by atoms with E-state index < -0.39 is 85.6 Å². The molecule has 0 heterocycles. The Hall–Kier alpha value is -7.55. The summed E-state index contributed by atoms with van der Waals surface area (Å²) < 4.78 is 30.7. The molecule has 2 amide bonds. The standard InChI is InChI=1S/C39H44N6O15/c1-9-42(10-2)35(46)27(19-40)13-25-15-29(44(51)52)33(31(17-25)57-37(48)55-21-23(5)6)59-39(50)60-34-30(45(53)54)16-26(14-28(20-41)36(47)43(11-3)12-4)18-32(34)58-38(49)56-22-24(7)8/h13-18,23-24H,9-12,21-22H2,1-8H3. The summed E-state index contributed by atoms with van der Waals surface area (Å²) in [5.74, 6) is -5.70. The van der Waals surface area contributed by atoms with Crippen molar-refractivity contribution in [1.29, 1.82) is 10.5 Å². The van der Waals surface area contributed by atoms with Crippen molar-refractivity contribution in [3.63, 3.8) is 0 Å². The smallest absolute Gasteiger partial charge is 0.434 e. The lowest BCUT2D eigenvalue weighted by atomic mass is 10.1. The molecule has 0 saturated carbocycles. The summed E-state index contributed by atoms with van der Waals surface area (Å²) in [7, 11) is 0. The monoisotopic (exact) mass is 836 g/mol. The van der Waals surface area contributed by atoms with Crippen LogP contribution in [0.5, 0.6) is 23.0 Å². The van der Waals surface area contributed by atoms with Crippen LogP contribution in [-0.4, -0.2) is 89.3 Å². The summed E-state index contributed by atoms with van der Waals surface area (Å²) >= 11 is 0. The lowest BCUT2D eigenvalue weighted by Gasteiger charge is -2.18. The van der Waals surface area contributed by atoms with Crippen LogP contribution in [0.1, 0.15) is 66.5 Å². The number of likely N-dealkylation sites (N-methyl/N-ethyl adjacent to an activating group) is 2. The fourth-order valence-corrected chi connectivity index (χ4v) is 4.89. The third kappa shape index (κ3) is 13.8. The van der Waals surface area contributed by atoms with Crippen LogP contribution < -0.4 is 18.9 Å². The molecule has 21 nitrogen and oxygen atoms in total. The van der Waals surface area contributed by atoms with Gasteiger partial charge in [0, 0.05) is 38.3 Å². The summed E-state index contributed by atoms with van der Waals surface area (Å²) in [6.45, 7) is 14.0. The first kappa shape index (κ1) is 48.6. The maximum atomic E-state index is 13.5. The van der Waals surface area contributed by atoms with Crippen LogP contribution >= 0.6 is 0 Å². The largest absolute Gasteiger partial charge is 0.520 e. The molecular formula is C39H44N6O15. The molecule has 0 atom stereocenters. The minimum Gasteiger partial charge on any atom is -0.434 e. The Bertz CT molecular complexity index is 1980. The zero-order valence-electron chi connectivity index (χ0n) is 34.2. The Kier molecular flexibility index (Phi) is 18.6. The number of rotatable bonds is 18. The van der Waals surface area contributed by atoms with Gasteiger partial charge in [-0.25, -0.2) is 14.4 Å². The first-order valence-corrected chi connectivity index (χ1v) is 18.4. The van der Waals surface area contributed by atoms with E-state index in [4.69, 9.17) is 28.4 Å². The quantitative estimate of drug-likeness (QED) is 0.0365. The van der Waals surface area contributed by atoms with Crippen LogP contribution in [0.2, 0.25) is 0 Å². The van der Waals surface area contributed by atoms with E-state index in [9.17, 15) is 54.7 Å². The van der Waals surface area contributed by atoms with Crippen molar-refractivity contribution < 1.29 is 62.2 Å². The van der Waals surface area contributed by atoms with E-state index in [-0.39, 0.29) is 62.4 Å². The highest BCUT2D eigenvalue weighted by Crippen LogP contribution is 2.42. The van der Waals surface area contributed by atoms with E-state index in [0.717, 1.165) is 36.4 Å². The van der Waals surface area contributed by atoms with Gasteiger partial charge >= 0.3 is 29.8 Å². The number of nitriles is 2. The van der Waals surface area contributed by atoms with Gasteiger partial charge in [-0.2, -0.15) is 10.5 Å². The molecule has 0 unspecified atom stereocenters. The van der Waals surface area contributed by atoms with Gasteiger partial charge in [0.15, 0.2) is 11.5 Å². The average molecular weight is 837 g/mol. The van der Waals surface area contributed by atoms with Crippen molar-refractivity contribution in [3.8, 4) is 35.1 Å². The zero-order valence-corrected chi connectivity index (χ0v) is 34.2. The topological polar surface area (TPSA) is 281 Å². The van der Waals surface area contributed by atoms with Crippen molar-refractivity contribution in [2.45, 2.75) is 55.4 Å². The number of carbonyl (C=O) groups excluding carboxylic acids is 5. The van der Waals surface area contributed by atoms with Crippen LogP contribution in [0.25, 0.3) is 12.2 Å². The van der Waals surface area contributed by atoms with Crippen molar-refractivity contribution in [2.75, 3.05) is 39.4 Å². The number of ether oxygens (including phenoxy) is 6. The van der Waals surface area contributed by atoms with Gasteiger partial charge in [0.1, 0.15) is 23.3 Å².